The zero-order chi connectivity index (χ0) is 8.23. The number of rotatable bonds is 1. The molecule has 0 fully saturated rings. The second-order valence-electron chi connectivity index (χ2n) is 2.92. The molecule has 2 rings (SSSR count). The van der Waals surface area contributed by atoms with E-state index in [-0.39, 0.29) is 0 Å². The van der Waals surface area contributed by atoms with E-state index in [4.69, 9.17) is 0 Å². The van der Waals surface area contributed by atoms with Crippen LogP contribution in [0.5, 0.6) is 0 Å². The Morgan fingerprint density at radius 1 is 1.17 bits per heavy atom. The van der Waals surface area contributed by atoms with Crippen LogP contribution in [0.2, 0.25) is 0 Å². The average molecular weight is 157 g/mol. The third kappa shape index (κ3) is 1.62. The Kier molecular flexibility index (Phi) is 2.04. The lowest BCUT2D eigenvalue weighted by molar-refractivity contribution is 1.05. The van der Waals surface area contributed by atoms with Crippen LogP contribution in [-0.2, 0) is 0 Å². The molecule has 1 heterocycles. The van der Waals surface area contributed by atoms with Crippen LogP contribution >= 0.6 is 0 Å². The van der Waals surface area contributed by atoms with Crippen molar-refractivity contribution in [2.45, 2.75) is 6.42 Å². The molecule has 0 amide bonds. The molecule has 1 heteroatoms. The van der Waals surface area contributed by atoms with Gasteiger partial charge in [-0.3, -0.25) is 4.99 Å². The lowest BCUT2D eigenvalue weighted by atomic mass is 10.1. The standard InChI is InChI=1S/C11H11N/c1-2-4-10(5-3-1)8-11-6-7-12-9-11/h1-5,8-9H,6-7H2/b11-8-. The van der Waals surface area contributed by atoms with Gasteiger partial charge in [0.1, 0.15) is 0 Å². The molecule has 1 aliphatic rings. The predicted molar refractivity (Wildman–Crippen MR) is 52.4 cm³/mol. The molecule has 1 aromatic carbocycles. The van der Waals surface area contributed by atoms with E-state index in [1.807, 2.05) is 12.3 Å². The maximum atomic E-state index is 4.17. The monoisotopic (exact) mass is 157 g/mol. The summed E-state index contributed by atoms with van der Waals surface area (Å²) in [5.74, 6) is 0. The van der Waals surface area contributed by atoms with E-state index in [1.54, 1.807) is 0 Å². The molecule has 1 aliphatic heterocycles. The van der Waals surface area contributed by atoms with Crippen molar-refractivity contribution in [3.63, 3.8) is 0 Å². The minimum atomic E-state index is 0.957. The zero-order valence-electron chi connectivity index (χ0n) is 6.90. The smallest absolute Gasteiger partial charge is 0.0430 e. The number of hydrogen-bond acceptors (Lipinski definition) is 1. The van der Waals surface area contributed by atoms with E-state index in [0.717, 1.165) is 13.0 Å². The van der Waals surface area contributed by atoms with Crippen molar-refractivity contribution in [1.82, 2.24) is 0 Å². The van der Waals surface area contributed by atoms with Crippen LogP contribution < -0.4 is 0 Å². The predicted octanol–water partition coefficient (Wildman–Crippen LogP) is 2.54. The molecule has 12 heavy (non-hydrogen) atoms. The van der Waals surface area contributed by atoms with E-state index < -0.39 is 0 Å². The Morgan fingerprint density at radius 2 is 2.00 bits per heavy atom. The molecule has 0 bridgehead atoms. The molecule has 0 unspecified atom stereocenters. The van der Waals surface area contributed by atoms with E-state index in [0.29, 0.717) is 0 Å². The van der Waals surface area contributed by atoms with Crippen LogP contribution in [0, 0.1) is 0 Å². The summed E-state index contributed by atoms with van der Waals surface area (Å²) in [4.78, 5) is 4.17. The SMILES string of the molecule is C1=NCC/C1=C/c1ccccc1. The third-order valence-corrected chi connectivity index (χ3v) is 1.94. The lowest BCUT2D eigenvalue weighted by Gasteiger charge is -1.93. The first-order valence-electron chi connectivity index (χ1n) is 4.20. The molecular formula is C11H11N. The average Bonchev–Trinajstić information content (AvgIpc) is 2.59. The Labute approximate surface area is 72.5 Å². The van der Waals surface area contributed by atoms with Crippen molar-refractivity contribution < 1.29 is 0 Å². The van der Waals surface area contributed by atoms with Gasteiger partial charge in [-0.05, 0) is 17.6 Å². The van der Waals surface area contributed by atoms with E-state index in [1.165, 1.54) is 11.1 Å². The second kappa shape index (κ2) is 3.35. The van der Waals surface area contributed by atoms with Crippen molar-refractivity contribution >= 4 is 12.3 Å². The summed E-state index contributed by atoms with van der Waals surface area (Å²) in [5.41, 5.74) is 2.60. The van der Waals surface area contributed by atoms with Crippen LogP contribution in [0.25, 0.3) is 6.08 Å². The maximum Gasteiger partial charge on any atom is 0.0430 e. The molecule has 0 saturated heterocycles. The first-order valence-corrected chi connectivity index (χ1v) is 4.20. The van der Waals surface area contributed by atoms with E-state index in [2.05, 4.69) is 35.3 Å². The highest BCUT2D eigenvalue weighted by Crippen LogP contribution is 2.11. The van der Waals surface area contributed by atoms with Crippen LogP contribution in [0.15, 0.2) is 40.9 Å². The molecule has 60 valence electrons. The van der Waals surface area contributed by atoms with Gasteiger partial charge in [0.15, 0.2) is 0 Å². The van der Waals surface area contributed by atoms with Crippen molar-refractivity contribution in [1.29, 1.82) is 0 Å². The molecule has 1 aromatic rings. The van der Waals surface area contributed by atoms with Gasteiger partial charge in [0.05, 0.1) is 0 Å². The summed E-state index contributed by atoms with van der Waals surface area (Å²) in [6, 6.07) is 10.4. The highest BCUT2D eigenvalue weighted by Gasteiger charge is 1.99. The van der Waals surface area contributed by atoms with Crippen LogP contribution in [0.4, 0.5) is 0 Å². The normalized spacial score (nSPS) is 18.8. The summed E-state index contributed by atoms with van der Waals surface area (Å²) in [7, 11) is 0. The summed E-state index contributed by atoms with van der Waals surface area (Å²) >= 11 is 0. The summed E-state index contributed by atoms with van der Waals surface area (Å²) in [5, 5.41) is 0. The summed E-state index contributed by atoms with van der Waals surface area (Å²) in [6.07, 6.45) is 5.25. The van der Waals surface area contributed by atoms with Gasteiger partial charge >= 0.3 is 0 Å². The first kappa shape index (κ1) is 7.29. The van der Waals surface area contributed by atoms with Gasteiger partial charge in [-0.15, -0.1) is 0 Å². The van der Waals surface area contributed by atoms with Crippen LogP contribution in [0.1, 0.15) is 12.0 Å². The fourth-order valence-electron chi connectivity index (χ4n) is 1.31. The number of aliphatic imine (C=N–C) groups is 1. The molecule has 0 radical (unpaired) electrons. The minimum Gasteiger partial charge on any atom is -0.293 e. The zero-order valence-corrected chi connectivity index (χ0v) is 6.90. The fourth-order valence-corrected chi connectivity index (χ4v) is 1.31. The molecule has 0 saturated carbocycles. The Balaban J connectivity index is 2.22. The van der Waals surface area contributed by atoms with Crippen LogP contribution in [-0.4, -0.2) is 12.8 Å². The molecule has 0 aliphatic carbocycles. The molecule has 0 atom stereocenters. The number of nitrogens with zero attached hydrogens (tertiary/aromatic N) is 1. The topological polar surface area (TPSA) is 12.4 Å². The van der Waals surface area contributed by atoms with Gasteiger partial charge in [-0.1, -0.05) is 36.4 Å². The highest BCUT2D eigenvalue weighted by molar-refractivity contribution is 5.87. The third-order valence-electron chi connectivity index (χ3n) is 1.94. The highest BCUT2D eigenvalue weighted by atomic mass is 14.7. The Morgan fingerprint density at radius 3 is 2.67 bits per heavy atom. The number of benzene rings is 1. The second-order valence-corrected chi connectivity index (χ2v) is 2.92. The maximum absolute atomic E-state index is 4.17. The molecular weight excluding hydrogens is 146 g/mol. The fraction of sp³-hybridized carbons (Fsp3) is 0.182. The van der Waals surface area contributed by atoms with Crippen molar-refractivity contribution in [2.75, 3.05) is 6.54 Å². The largest absolute Gasteiger partial charge is 0.293 e. The lowest BCUT2D eigenvalue weighted by Crippen LogP contribution is -1.78. The Hall–Kier alpha value is -1.37. The van der Waals surface area contributed by atoms with E-state index >= 15 is 0 Å². The van der Waals surface area contributed by atoms with Crippen molar-refractivity contribution in [3.05, 3.63) is 41.5 Å². The Bertz CT molecular complexity index is 309. The van der Waals surface area contributed by atoms with Gasteiger partial charge in [0.2, 0.25) is 0 Å². The minimum absolute atomic E-state index is 0.957. The van der Waals surface area contributed by atoms with Crippen molar-refractivity contribution in [3.8, 4) is 0 Å². The molecule has 0 spiro atoms. The van der Waals surface area contributed by atoms with Gasteiger partial charge in [-0.2, -0.15) is 0 Å². The molecule has 0 N–H and O–H groups in total. The van der Waals surface area contributed by atoms with Gasteiger partial charge in [-0.25, -0.2) is 0 Å². The van der Waals surface area contributed by atoms with Gasteiger partial charge in [0, 0.05) is 12.8 Å². The van der Waals surface area contributed by atoms with Gasteiger partial charge < -0.3 is 0 Å². The van der Waals surface area contributed by atoms with Crippen LogP contribution in [0.3, 0.4) is 0 Å². The summed E-state index contributed by atoms with van der Waals surface area (Å²) < 4.78 is 0. The molecule has 1 nitrogen and oxygen atoms in total. The summed E-state index contributed by atoms with van der Waals surface area (Å²) in [6.45, 7) is 0.957. The number of hydrogen-bond donors (Lipinski definition) is 0. The van der Waals surface area contributed by atoms with E-state index in [9.17, 15) is 0 Å². The first-order chi connectivity index (χ1) is 5.95. The van der Waals surface area contributed by atoms with Crippen molar-refractivity contribution in [2.24, 2.45) is 4.99 Å². The van der Waals surface area contributed by atoms with Gasteiger partial charge in [0.25, 0.3) is 0 Å². The molecule has 0 aromatic heterocycles. The quantitative estimate of drug-likeness (QED) is 0.594.